The fraction of sp³-hybridized carbons (Fsp3) is 0.429. The Morgan fingerprint density at radius 2 is 2.23 bits per heavy atom. The van der Waals surface area contributed by atoms with E-state index in [1.807, 2.05) is 29.2 Å². The number of hydrogen-bond acceptors (Lipinski definition) is 6. The third kappa shape index (κ3) is 3.23. The molecule has 1 aromatic carbocycles. The molecule has 3 rings (SSSR count). The summed E-state index contributed by atoms with van der Waals surface area (Å²) < 4.78 is 24.7. The van der Waals surface area contributed by atoms with E-state index in [0.29, 0.717) is 5.75 Å². The molecule has 1 saturated heterocycles. The van der Waals surface area contributed by atoms with E-state index < -0.39 is 9.84 Å². The topological polar surface area (TPSA) is 66.8 Å². The predicted molar refractivity (Wildman–Crippen MR) is 93.4 cm³/mol. The fourth-order valence-electron chi connectivity index (χ4n) is 2.73. The second-order valence-corrected chi connectivity index (χ2v) is 9.48. The van der Waals surface area contributed by atoms with Gasteiger partial charge in [0, 0.05) is 10.2 Å². The second-order valence-electron chi connectivity index (χ2n) is 5.46. The quantitative estimate of drug-likeness (QED) is 0.774. The summed E-state index contributed by atoms with van der Waals surface area (Å²) in [5, 5.41) is 0.734. The molecule has 5 nitrogen and oxygen atoms in total. The monoisotopic (exact) mass is 402 g/mol. The van der Waals surface area contributed by atoms with Crippen LogP contribution in [0, 0.1) is 0 Å². The summed E-state index contributed by atoms with van der Waals surface area (Å²) in [7, 11) is -3.05. The van der Waals surface area contributed by atoms with Gasteiger partial charge in [0.25, 0.3) is 0 Å². The van der Waals surface area contributed by atoms with Gasteiger partial charge in [-0.2, -0.15) is 0 Å². The molecule has 0 unspecified atom stereocenters. The number of aliphatic imine (C=N–C) groups is 1. The molecule has 22 heavy (non-hydrogen) atoms. The third-order valence-electron chi connectivity index (χ3n) is 3.60. The van der Waals surface area contributed by atoms with Crippen LogP contribution in [0.25, 0.3) is 0 Å². The first-order chi connectivity index (χ1) is 10.4. The summed E-state index contributed by atoms with van der Waals surface area (Å²) in [6, 6.07) is 7.29. The molecule has 1 fully saturated rings. The van der Waals surface area contributed by atoms with Crippen molar-refractivity contribution in [3.8, 4) is 0 Å². The van der Waals surface area contributed by atoms with Crippen molar-refractivity contribution in [2.75, 3.05) is 22.2 Å². The highest BCUT2D eigenvalue weighted by Gasteiger charge is 2.47. The van der Waals surface area contributed by atoms with Crippen molar-refractivity contribution in [2.24, 2.45) is 4.99 Å². The average molecular weight is 403 g/mol. The SMILES string of the molecule is CC(=O)CSC1=N[C@H]2CS(=O)(=O)C[C@@H]2N1c1cccc(Br)c1. The minimum absolute atomic E-state index is 0.0755. The lowest BCUT2D eigenvalue weighted by atomic mass is 10.1. The number of carbonyl (C=O) groups is 1. The summed E-state index contributed by atoms with van der Waals surface area (Å²) in [6.45, 7) is 1.54. The lowest BCUT2D eigenvalue weighted by Crippen LogP contribution is -2.39. The Morgan fingerprint density at radius 1 is 1.45 bits per heavy atom. The molecule has 0 saturated carbocycles. The maximum Gasteiger partial charge on any atom is 0.164 e. The number of Topliss-reactive ketones (excluding diaryl/α,β-unsaturated/α-hetero) is 1. The van der Waals surface area contributed by atoms with Gasteiger partial charge in [-0.25, -0.2) is 8.42 Å². The van der Waals surface area contributed by atoms with Gasteiger partial charge in [-0.1, -0.05) is 33.8 Å². The zero-order valence-corrected chi connectivity index (χ0v) is 15.1. The molecule has 2 heterocycles. The molecule has 2 aliphatic heterocycles. The van der Waals surface area contributed by atoms with Crippen LogP contribution in [0.3, 0.4) is 0 Å². The number of amidine groups is 1. The number of ketones is 1. The summed E-state index contributed by atoms with van der Waals surface area (Å²) in [4.78, 5) is 17.8. The first-order valence-electron chi connectivity index (χ1n) is 6.81. The van der Waals surface area contributed by atoms with Crippen molar-refractivity contribution >= 4 is 54.2 Å². The van der Waals surface area contributed by atoms with Crippen LogP contribution in [-0.4, -0.2) is 48.7 Å². The standard InChI is InChI=1S/C14H15BrN2O3S2/c1-9(18)6-21-14-16-12-7-22(19,20)8-13(12)17(14)11-4-2-3-10(15)5-11/h2-5,12-13H,6-8H2,1H3/t12-,13-/m0/s1. The van der Waals surface area contributed by atoms with E-state index in [-0.39, 0.29) is 29.4 Å². The molecule has 2 atom stereocenters. The second kappa shape index (κ2) is 5.98. The van der Waals surface area contributed by atoms with Gasteiger partial charge >= 0.3 is 0 Å². The van der Waals surface area contributed by atoms with Gasteiger partial charge in [0.05, 0.1) is 29.3 Å². The largest absolute Gasteiger partial charge is 0.315 e. The van der Waals surface area contributed by atoms with E-state index in [1.165, 1.54) is 18.7 Å². The molecule has 0 aromatic heterocycles. The zero-order chi connectivity index (χ0) is 15.9. The summed E-state index contributed by atoms with van der Waals surface area (Å²) in [5.41, 5.74) is 0.897. The van der Waals surface area contributed by atoms with E-state index in [9.17, 15) is 13.2 Å². The molecule has 0 N–H and O–H groups in total. The number of benzene rings is 1. The number of nitrogens with zero attached hydrogens (tertiary/aromatic N) is 2. The minimum atomic E-state index is -3.05. The number of sulfone groups is 1. The van der Waals surface area contributed by atoms with Gasteiger partial charge in [0.2, 0.25) is 0 Å². The van der Waals surface area contributed by atoms with Crippen molar-refractivity contribution in [2.45, 2.75) is 19.0 Å². The van der Waals surface area contributed by atoms with Crippen molar-refractivity contribution in [1.29, 1.82) is 0 Å². The molecule has 0 spiro atoms. The van der Waals surface area contributed by atoms with Crippen LogP contribution in [0.15, 0.2) is 33.7 Å². The third-order valence-corrected chi connectivity index (χ3v) is 6.90. The molecule has 0 radical (unpaired) electrons. The van der Waals surface area contributed by atoms with E-state index in [4.69, 9.17) is 0 Å². The van der Waals surface area contributed by atoms with Gasteiger partial charge in [-0.05, 0) is 25.1 Å². The highest BCUT2D eigenvalue weighted by Crippen LogP contribution is 2.35. The summed E-state index contributed by atoms with van der Waals surface area (Å²) >= 11 is 4.81. The van der Waals surface area contributed by atoms with Gasteiger partial charge in [0.15, 0.2) is 15.0 Å². The Hall–Kier alpha value is -0.860. The molecular formula is C14H15BrN2O3S2. The molecule has 0 amide bonds. The number of hydrogen-bond donors (Lipinski definition) is 0. The Bertz CT molecular complexity index is 748. The Morgan fingerprint density at radius 3 is 2.91 bits per heavy atom. The molecule has 0 aliphatic carbocycles. The van der Waals surface area contributed by atoms with Crippen LogP contribution < -0.4 is 4.90 Å². The number of halogens is 1. The summed E-state index contributed by atoms with van der Waals surface area (Å²) in [5.74, 6) is 0.617. The first kappa shape index (κ1) is 16.0. The lowest BCUT2D eigenvalue weighted by molar-refractivity contribution is -0.114. The van der Waals surface area contributed by atoms with Gasteiger partial charge in [-0.3, -0.25) is 9.79 Å². The van der Waals surface area contributed by atoms with E-state index in [0.717, 1.165) is 15.3 Å². The van der Waals surface area contributed by atoms with Gasteiger partial charge in [-0.15, -0.1) is 0 Å². The number of anilines is 1. The molecule has 1 aromatic rings. The Balaban J connectivity index is 1.95. The zero-order valence-electron chi connectivity index (χ0n) is 11.9. The molecule has 8 heteroatoms. The van der Waals surface area contributed by atoms with E-state index in [1.54, 1.807) is 0 Å². The first-order valence-corrected chi connectivity index (χ1v) is 10.4. The highest BCUT2D eigenvalue weighted by atomic mass is 79.9. The number of rotatable bonds is 3. The van der Waals surface area contributed by atoms with Gasteiger partial charge in [0.1, 0.15) is 5.78 Å². The minimum Gasteiger partial charge on any atom is -0.315 e. The fourth-order valence-corrected chi connectivity index (χ4v) is 5.88. The number of thioether (sulfide) groups is 1. The Kier molecular flexibility index (Phi) is 4.35. The smallest absolute Gasteiger partial charge is 0.164 e. The Labute approximate surface area is 142 Å². The molecule has 0 bridgehead atoms. The average Bonchev–Trinajstić information content (AvgIpc) is 2.87. The molecule has 2 aliphatic rings. The normalized spacial score (nSPS) is 25.9. The molecular weight excluding hydrogens is 388 g/mol. The summed E-state index contributed by atoms with van der Waals surface area (Å²) in [6.07, 6.45) is 0. The molecule has 118 valence electrons. The van der Waals surface area contributed by atoms with Crippen molar-refractivity contribution in [3.63, 3.8) is 0 Å². The predicted octanol–water partition coefficient (Wildman–Crippen LogP) is 2.11. The lowest BCUT2D eigenvalue weighted by Gasteiger charge is -2.26. The van der Waals surface area contributed by atoms with Crippen molar-refractivity contribution < 1.29 is 13.2 Å². The van der Waals surface area contributed by atoms with Crippen molar-refractivity contribution in [1.82, 2.24) is 0 Å². The van der Waals surface area contributed by atoms with Crippen LogP contribution in [0.5, 0.6) is 0 Å². The highest BCUT2D eigenvalue weighted by molar-refractivity contribution is 9.10. The van der Waals surface area contributed by atoms with Crippen LogP contribution in [-0.2, 0) is 14.6 Å². The number of fused-ring (bicyclic) bond motifs is 1. The van der Waals surface area contributed by atoms with E-state index >= 15 is 0 Å². The van der Waals surface area contributed by atoms with Crippen LogP contribution >= 0.6 is 27.7 Å². The number of carbonyl (C=O) groups excluding carboxylic acids is 1. The maximum atomic E-state index is 11.9. The van der Waals surface area contributed by atoms with Crippen LogP contribution in [0.2, 0.25) is 0 Å². The van der Waals surface area contributed by atoms with Crippen LogP contribution in [0.1, 0.15) is 6.92 Å². The van der Waals surface area contributed by atoms with E-state index in [2.05, 4.69) is 20.9 Å². The maximum absolute atomic E-state index is 11.9. The van der Waals surface area contributed by atoms with Crippen LogP contribution in [0.4, 0.5) is 5.69 Å². The van der Waals surface area contributed by atoms with Crippen molar-refractivity contribution in [3.05, 3.63) is 28.7 Å². The van der Waals surface area contributed by atoms with Gasteiger partial charge < -0.3 is 4.90 Å².